The second-order valence-corrected chi connectivity index (χ2v) is 9.75. The Hall–Kier alpha value is -2.67. The molecule has 1 N–H and O–H groups in total. The second-order valence-electron chi connectivity index (χ2n) is 9.75. The van der Waals surface area contributed by atoms with Crippen LogP contribution in [0.4, 0.5) is 0 Å². The number of para-hydroxylation sites is 2. The fourth-order valence-corrected chi connectivity index (χ4v) is 4.05. The average Bonchev–Trinajstić information content (AvgIpc) is 3.59. The first-order chi connectivity index (χ1) is 16.5. The molecule has 0 aliphatic heterocycles. The molecule has 182 valence electrons. The molecule has 6 nitrogen and oxygen atoms in total. The van der Waals surface area contributed by atoms with Gasteiger partial charge in [-0.3, -0.25) is 4.90 Å². The normalized spacial score (nSPS) is 14.6. The molecular weight excluding hydrogens is 426 g/mol. The lowest BCUT2D eigenvalue weighted by Crippen LogP contribution is -2.36. The van der Waals surface area contributed by atoms with E-state index in [0.717, 1.165) is 35.1 Å². The Kier molecular flexibility index (Phi) is 8.38. The summed E-state index contributed by atoms with van der Waals surface area (Å²) in [5, 5.41) is 15.5. The predicted molar refractivity (Wildman–Crippen MR) is 134 cm³/mol. The number of aryl methyl sites for hydroxylation is 1. The van der Waals surface area contributed by atoms with Crippen molar-refractivity contribution in [2.45, 2.75) is 46.3 Å². The first-order valence-corrected chi connectivity index (χ1v) is 12.3. The third-order valence-electron chi connectivity index (χ3n) is 5.92. The molecule has 3 aromatic rings. The Morgan fingerprint density at radius 1 is 1.03 bits per heavy atom. The van der Waals surface area contributed by atoms with Crippen LogP contribution in [0.15, 0.2) is 60.7 Å². The van der Waals surface area contributed by atoms with Crippen molar-refractivity contribution in [3.8, 4) is 17.3 Å². The standard InChI is InChI=1S/C28H37N3O3/c1-21(2)19-33-20-25(32)17-30(16-23-14-15-23)18-27-22(3)29-31(24-10-6-4-7-11-24)28(27)34-26-12-8-5-9-13-26/h4-13,21,23,25,32H,14-20H2,1-3H3. The Labute approximate surface area is 203 Å². The van der Waals surface area contributed by atoms with E-state index in [9.17, 15) is 5.11 Å². The van der Waals surface area contributed by atoms with Gasteiger partial charge in [-0.05, 0) is 55.9 Å². The van der Waals surface area contributed by atoms with Crippen LogP contribution >= 0.6 is 0 Å². The minimum Gasteiger partial charge on any atom is -0.439 e. The summed E-state index contributed by atoms with van der Waals surface area (Å²) in [7, 11) is 0. The summed E-state index contributed by atoms with van der Waals surface area (Å²) in [5.41, 5.74) is 2.93. The van der Waals surface area contributed by atoms with E-state index in [2.05, 4.69) is 18.7 Å². The molecule has 4 rings (SSSR count). The fourth-order valence-electron chi connectivity index (χ4n) is 4.05. The molecule has 1 atom stereocenters. The van der Waals surface area contributed by atoms with Crippen LogP contribution in [0, 0.1) is 18.8 Å². The van der Waals surface area contributed by atoms with Gasteiger partial charge in [0.1, 0.15) is 5.75 Å². The van der Waals surface area contributed by atoms with E-state index >= 15 is 0 Å². The van der Waals surface area contributed by atoms with Crippen LogP contribution in [0.1, 0.15) is 37.9 Å². The molecule has 1 aromatic heterocycles. The van der Waals surface area contributed by atoms with Crippen molar-refractivity contribution in [1.82, 2.24) is 14.7 Å². The Balaban J connectivity index is 1.58. The monoisotopic (exact) mass is 463 g/mol. The van der Waals surface area contributed by atoms with Gasteiger partial charge in [0.25, 0.3) is 0 Å². The molecule has 0 amide bonds. The van der Waals surface area contributed by atoms with Crippen LogP contribution in [0.3, 0.4) is 0 Å². The van der Waals surface area contributed by atoms with E-state index in [0.29, 0.717) is 38.1 Å². The third-order valence-corrected chi connectivity index (χ3v) is 5.92. The highest BCUT2D eigenvalue weighted by Gasteiger charge is 2.28. The number of benzene rings is 2. The summed E-state index contributed by atoms with van der Waals surface area (Å²) >= 11 is 0. The molecule has 2 aromatic carbocycles. The van der Waals surface area contributed by atoms with Crippen LogP contribution in [0.25, 0.3) is 5.69 Å². The minimum absolute atomic E-state index is 0.356. The number of hydrogen-bond acceptors (Lipinski definition) is 5. The molecule has 1 saturated carbocycles. The second kappa shape index (κ2) is 11.6. The smallest absolute Gasteiger partial charge is 0.227 e. The van der Waals surface area contributed by atoms with Gasteiger partial charge in [0.2, 0.25) is 5.88 Å². The van der Waals surface area contributed by atoms with Crippen LogP contribution in [0.2, 0.25) is 0 Å². The number of aliphatic hydroxyl groups is 1. The zero-order chi connectivity index (χ0) is 23.9. The zero-order valence-electron chi connectivity index (χ0n) is 20.6. The quantitative estimate of drug-likeness (QED) is 0.377. The molecule has 0 saturated heterocycles. The largest absolute Gasteiger partial charge is 0.439 e. The van der Waals surface area contributed by atoms with Gasteiger partial charge >= 0.3 is 0 Å². The Bertz CT molecular complexity index is 1020. The number of rotatable bonds is 13. The van der Waals surface area contributed by atoms with Crippen molar-refractivity contribution in [2.24, 2.45) is 11.8 Å². The van der Waals surface area contributed by atoms with Crippen molar-refractivity contribution < 1.29 is 14.6 Å². The maximum Gasteiger partial charge on any atom is 0.227 e. The SMILES string of the molecule is Cc1nn(-c2ccccc2)c(Oc2ccccc2)c1CN(CC(O)COCC(C)C)CC1CC1. The van der Waals surface area contributed by atoms with Gasteiger partial charge < -0.3 is 14.6 Å². The van der Waals surface area contributed by atoms with Gasteiger partial charge in [-0.25, -0.2) is 4.68 Å². The lowest BCUT2D eigenvalue weighted by atomic mass is 10.2. The Morgan fingerprint density at radius 3 is 2.35 bits per heavy atom. The predicted octanol–water partition coefficient (Wildman–Crippen LogP) is 5.22. The molecular formula is C28H37N3O3. The zero-order valence-corrected chi connectivity index (χ0v) is 20.6. The molecule has 0 bridgehead atoms. The van der Waals surface area contributed by atoms with E-state index < -0.39 is 6.10 Å². The van der Waals surface area contributed by atoms with Crippen molar-refractivity contribution >= 4 is 0 Å². The number of aliphatic hydroxyl groups excluding tert-OH is 1. The first kappa shape index (κ1) is 24.5. The lowest BCUT2D eigenvalue weighted by molar-refractivity contribution is 0.00609. The summed E-state index contributed by atoms with van der Waals surface area (Å²) in [4.78, 5) is 2.33. The molecule has 1 aliphatic carbocycles. The van der Waals surface area contributed by atoms with Crippen LogP contribution in [-0.2, 0) is 11.3 Å². The average molecular weight is 464 g/mol. The topological polar surface area (TPSA) is 59.8 Å². The van der Waals surface area contributed by atoms with Gasteiger partial charge in [0.15, 0.2) is 0 Å². The number of hydrogen-bond donors (Lipinski definition) is 1. The van der Waals surface area contributed by atoms with E-state index in [-0.39, 0.29) is 0 Å². The van der Waals surface area contributed by atoms with Gasteiger partial charge in [0.05, 0.1) is 29.7 Å². The Morgan fingerprint density at radius 2 is 1.71 bits per heavy atom. The molecule has 0 spiro atoms. The van der Waals surface area contributed by atoms with E-state index in [1.54, 1.807) is 0 Å². The van der Waals surface area contributed by atoms with E-state index in [1.165, 1.54) is 12.8 Å². The van der Waals surface area contributed by atoms with Gasteiger partial charge in [-0.2, -0.15) is 5.10 Å². The van der Waals surface area contributed by atoms with Crippen molar-refractivity contribution in [2.75, 3.05) is 26.3 Å². The van der Waals surface area contributed by atoms with E-state index in [4.69, 9.17) is 14.6 Å². The highest BCUT2D eigenvalue weighted by atomic mass is 16.5. The fraction of sp³-hybridized carbons (Fsp3) is 0.464. The molecule has 1 heterocycles. The van der Waals surface area contributed by atoms with Crippen LogP contribution in [-0.4, -0.2) is 52.2 Å². The highest BCUT2D eigenvalue weighted by Crippen LogP contribution is 2.34. The number of nitrogens with zero attached hydrogens (tertiary/aromatic N) is 3. The lowest BCUT2D eigenvalue weighted by Gasteiger charge is -2.25. The van der Waals surface area contributed by atoms with Gasteiger partial charge in [-0.1, -0.05) is 50.2 Å². The van der Waals surface area contributed by atoms with Crippen molar-refractivity contribution in [3.05, 3.63) is 71.9 Å². The van der Waals surface area contributed by atoms with Gasteiger partial charge in [0, 0.05) is 26.2 Å². The summed E-state index contributed by atoms with van der Waals surface area (Å²) < 4.78 is 14.0. The molecule has 6 heteroatoms. The summed E-state index contributed by atoms with van der Waals surface area (Å²) in [6.45, 7) is 9.48. The van der Waals surface area contributed by atoms with Crippen molar-refractivity contribution in [1.29, 1.82) is 0 Å². The summed E-state index contributed by atoms with van der Waals surface area (Å²) in [6.07, 6.45) is 1.98. The molecule has 1 unspecified atom stereocenters. The third kappa shape index (κ3) is 6.92. The molecule has 34 heavy (non-hydrogen) atoms. The highest BCUT2D eigenvalue weighted by molar-refractivity contribution is 5.43. The first-order valence-electron chi connectivity index (χ1n) is 12.3. The van der Waals surface area contributed by atoms with Crippen LogP contribution < -0.4 is 4.74 Å². The number of aromatic nitrogens is 2. The summed E-state index contributed by atoms with van der Waals surface area (Å²) in [6, 6.07) is 19.9. The van der Waals surface area contributed by atoms with E-state index in [1.807, 2.05) is 72.3 Å². The summed E-state index contributed by atoms with van der Waals surface area (Å²) in [5.74, 6) is 2.66. The van der Waals surface area contributed by atoms with Crippen molar-refractivity contribution in [3.63, 3.8) is 0 Å². The van der Waals surface area contributed by atoms with Gasteiger partial charge in [-0.15, -0.1) is 0 Å². The number of ether oxygens (including phenoxy) is 2. The molecule has 1 fully saturated rings. The molecule has 1 aliphatic rings. The minimum atomic E-state index is -0.527. The maximum absolute atomic E-state index is 10.7. The molecule has 0 radical (unpaired) electrons. The maximum atomic E-state index is 10.7. The van der Waals surface area contributed by atoms with Crippen LogP contribution in [0.5, 0.6) is 11.6 Å².